The van der Waals surface area contributed by atoms with Gasteiger partial charge in [0.25, 0.3) is 5.91 Å². The lowest BCUT2D eigenvalue weighted by atomic mass is 10.0. The molecule has 0 aromatic heterocycles. The second kappa shape index (κ2) is 6.79. The Hall–Kier alpha value is -1.02. The Morgan fingerprint density at radius 3 is 2.33 bits per heavy atom. The van der Waals surface area contributed by atoms with Gasteiger partial charge in [0.05, 0.1) is 0 Å². The van der Waals surface area contributed by atoms with E-state index >= 15 is 0 Å². The summed E-state index contributed by atoms with van der Waals surface area (Å²) in [5.41, 5.74) is 0.688. The van der Waals surface area contributed by atoms with Gasteiger partial charge < -0.3 is 5.32 Å². The average Bonchev–Trinajstić information content (AvgIpc) is 2.65. The molecule has 0 spiro atoms. The van der Waals surface area contributed by atoms with Gasteiger partial charge in [0, 0.05) is 17.1 Å². The van der Waals surface area contributed by atoms with E-state index in [1.54, 1.807) is 24.3 Å². The lowest BCUT2D eigenvalue weighted by Gasteiger charge is -2.14. The predicted octanol–water partition coefficient (Wildman–Crippen LogP) is 4.04. The first-order valence-electron chi connectivity index (χ1n) is 6.79. The van der Waals surface area contributed by atoms with E-state index in [-0.39, 0.29) is 5.91 Å². The Morgan fingerprint density at radius 2 is 1.72 bits per heavy atom. The minimum Gasteiger partial charge on any atom is -0.352 e. The van der Waals surface area contributed by atoms with Gasteiger partial charge in [-0.1, -0.05) is 37.3 Å². The topological polar surface area (TPSA) is 29.1 Å². The number of hydrogen-bond acceptors (Lipinski definition) is 1. The van der Waals surface area contributed by atoms with E-state index in [2.05, 4.69) is 5.32 Å². The van der Waals surface area contributed by atoms with Gasteiger partial charge in [-0.05, 0) is 43.0 Å². The minimum absolute atomic E-state index is 0.0101. The van der Waals surface area contributed by atoms with E-state index in [1.165, 1.54) is 38.5 Å². The van der Waals surface area contributed by atoms with Gasteiger partial charge in [-0.15, -0.1) is 0 Å². The normalized spacial score (nSPS) is 17.2. The first-order valence-corrected chi connectivity index (χ1v) is 7.17. The summed E-state index contributed by atoms with van der Waals surface area (Å²) in [7, 11) is 0. The van der Waals surface area contributed by atoms with Crippen LogP contribution in [0.25, 0.3) is 0 Å². The van der Waals surface area contributed by atoms with Crippen LogP contribution < -0.4 is 5.32 Å². The Kier molecular flexibility index (Phi) is 5.06. The summed E-state index contributed by atoms with van der Waals surface area (Å²) in [6, 6.07) is 7.04. The smallest absolute Gasteiger partial charge is 0.251 e. The van der Waals surface area contributed by atoms with Gasteiger partial charge >= 0.3 is 0 Å². The van der Waals surface area contributed by atoms with Crippen molar-refractivity contribution in [3.8, 4) is 0 Å². The predicted molar refractivity (Wildman–Crippen MR) is 75.0 cm³/mol. The molecule has 1 amide bonds. The van der Waals surface area contributed by atoms with E-state index in [1.807, 2.05) is 0 Å². The molecule has 1 saturated carbocycles. The van der Waals surface area contributed by atoms with Crippen molar-refractivity contribution < 1.29 is 4.79 Å². The molecule has 0 bridgehead atoms. The zero-order chi connectivity index (χ0) is 12.8. The molecular formula is C15H20ClNO. The lowest BCUT2D eigenvalue weighted by molar-refractivity contribution is 0.0946. The Balaban J connectivity index is 1.82. The first kappa shape index (κ1) is 13.4. The van der Waals surface area contributed by atoms with Gasteiger partial charge in [-0.3, -0.25) is 4.79 Å². The summed E-state index contributed by atoms with van der Waals surface area (Å²) in [4.78, 5) is 11.9. The summed E-state index contributed by atoms with van der Waals surface area (Å²) in [6.07, 6.45) is 7.81. The van der Waals surface area contributed by atoms with Crippen LogP contribution in [-0.4, -0.2) is 12.5 Å². The van der Waals surface area contributed by atoms with Crippen LogP contribution in [0.5, 0.6) is 0 Å². The molecule has 0 atom stereocenters. The number of nitrogens with one attached hydrogen (secondary N) is 1. The molecule has 1 aliphatic rings. The third-order valence-corrected chi connectivity index (χ3v) is 3.88. The maximum atomic E-state index is 11.9. The zero-order valence-electron chi connectivity index (χ0n) is 10.6. The van der Waals surface area contributed by atoms with Gasteiger partial charge in [0.15, 0.2) is 0 Å². The Bertz CT molecular complexity index is 380. The average molecular weight is 266 g/mol. The van der Waals surface area contributed by atoms with Crippen molar-refractivity contribution in [1.29, 1.82) is 0 Å². The SMILES string of the molecule is O=C(NCC1CCCCCC1)c1ccc(Cl)cc1. The largest absolute Gasteiger partial charge is 0.352 e. The van der Waals surface area contributed by atoms with E-state index in [0.29, 0.717) is 16.5 Å². The standard InChI is InChI=1S/C15H20ClNO/c16-14-9-7-13(8-10-14)15(18)17-11-12-5-3-1-2-4-6-12/h7-10,12H,1-6,11H2,(H,17,18). The van der Waals surface area contributed by atoms with E-state index in [0.717, 1.165) is 6.54 Å². The molecular weight excluding hydrogens is 246 g/mol. The summed E-state index contributed by atoms with van der Waals surface area (Å²) in [5.74, 6) is 0.666. The highest BCUT2D eigenvalue weighted by atomic mass is 35.5. The lowest BCUT2D eigenvalue weighted by Crippen LogP contribution is -2.29. The summed E-state index contributed by atoms with van der Waals surface area (Å²) in [6.45, 7) is 0.807. The third-order valence-electron chi connectivity index (χ3n) is 3.63. The third kappa shape index (κ3) is 4.02. The minimum atomic E-state index is 0.0101. The van der Waals surface area contributed by atoms with Crippen molar-refractivity contribution >= 4 is 17.5 Å². The fourth-order valence-corrected chi connectivity index (χ4v) is 2.63. The molecule has 3 heteroatoms. The molecule has 0 unspecified atom stereocenters. The second-order valence-electron chi connectivity index (χ2n) is 5.07. The van der Waals surface area contributed by atoms with E-state index in [9.17, 15) is 4.79 Å². The van der Waals surface area contributed by atoms with Crippen LogP contribution in [0.1, 0.15) is 48.9 Å². The van der Waals surface area contributed by atoms with Gasteiger partial charge in [-0.25, -0.2) is 0 Å². The van der Waals surface area contributed by atoms with Crippen molar-refractivity contribution in [3.63, 3.8) is 0 Å². The van der Waals surface area contributed by atoms with Crippen molar-refractivity contribution in [3.05, 3.63) is 34.9 Å². The molecule has 1 fully saturated rings. The van der Waals surface area contributed by atoms with Crippen LogP contribution in [0.15, 0.2) is 24.3 Å². The first-order chi connectivity index (χ1) is 8.75. The van der Waals surface area contributed by atoms with Crippen LogP contribution in [0.2, 0.25) is 5.02 Å². The number of amides is 1. The number of halogens is 1. The molecule has 1 aromatic rings. The maximum Gasteiger partial charge on any atom is 0.251 e. The number of carbonyl (C=O) groups excluding carboxylic acids is 1. The van der Waals surface area contributed by atoms with Gasteiger partial charge in [0.1, 0.15) is 0 Å². The van der Waals surface area contributed by atoms with Crippen LogP contribution in [0.4, 0.5) is 0 Å². The fourth-order valence-electron chi connectivity index (χ4n) is 2.51. The Labute approximate surface area is 114 Å². The van der Waals surface area contributed by atoms with E-state index in [4.69, 9.17) is 11.6 Å². The molecule has 18 heavy (non-hydrogen) atoms. The van der Waals surface area contributed by atoms with Crippen molar-refractivity contribution in [2.75, 3.05) is 6.54 Å². The van der Waals surface area contributed by atoms with Crippen LogP contribution in [-0.2, 0) is 0 Å². The summed E-state index contributed by atoms with van der Waals surface area (Å²) in [5, 5.41) is 3.70. The molecule has 1 aromatic carbocycles. The number of rotatable bonds is 3. The second-order valence-corrected chi connectivity index (χ2v) is 5.51. The maximum absolute atomic E-state index is 11.9. The number of benzene rings is 1. The fraction of sp³-hybridized carbons (Fsp3) is 0.533. The highest BCUT2D eigenvalue weighted by Crippen LogP contribution is 2.22. The van der Waals surface area contributed by atoms with Crippen molar-refractivity contribution in [2.45, 2.75) is 38.5 Å². The van der Waals surface area contributed by atoms with Crippen molar-refractivity contribution in [1.82, 2.24) is 5.32 Å². The monoisotopic (exact) mass is 265 g/mol. The molecule has 1 N–H and O–H groups in total. The number of carbonyl (C=O) groups is 1. The highest BCUT2D eigenvalue weighted by molar-refractivity contribution is 6.30. The molecule has 98 valence electrons. The summed E-state index contributed by atoms with van der Waals surface area (Å²) < 4.78 is 0. The molecule has 1 aliphatic carbocycles. The Morgan fingerprint density at radius 1 is 1.11 bits per heavy atom. The van der Waals surface area contributed by atoms with Gasteiger partial charge in [0.2, 0.25) is 0 Å². The van der Waals surface area contributed by atoms with Gasteiger partial charge in [-0.2, -0.15) is 0 Å². The molecule has 0 radical (unpaired) electrons. The van der Waals surface area contributed by atoms with Crippen LogP contribution in [0.3, 0.4) is 0 Å². The highest BCUT2D eigenvalue weighted by Gasteiger charge is 2.13. The molecule has 0 heterocycles. The molecule has 2 rings (SSSR count). The quantitative estimate of drug-likeness (QED) is 0.821. The zero-order valence-corrected chi connectivity index (χ0v) is 11.4. The molecule has 0 aliphatic heterocycles. The van der Waals surface area contributed by atoms with Crippen LogP contribution >= 0.6 is 11.6 Å². The summed E-state index contributed by atoms with van der Waals surface area (Å²) >= 11 is 5.80. The number of hydrogen-bond donors (Lipinski definition) is 1. The van der Waals surface area contributed by atoms with Crippen LogP contribution in [0, 0.1) is 5.92 Å². The van der Waals surface area contributed by atoms with E-state index < -0.39 is 0 Å². The molecule has 0 saturated heterocycles. The van der Waals surface area contributed by atoms with Crippen molar-refractivity contribution in [2.24, 2.45) is 5.92 Å². The molecule has 2 nitrogen and oxygen atoms in total.